The summed E-state index contributed by atoms with van der Waals surface area (Å²) in [6.07, 6.45) is 0. The minimum atomic E-state index is -0.00745. The summed E-state index contributed by atoms with van der Waals surface area (Å²) in [7, 11) is 0. The van der Waals surface area contributed by atoms with Gasteiger partial charge in [-0.1, -0.05) is 432 Å². The first-order chi connectivity index (χ1) is 58.8. The van der Waals surface area contributed by atoms with E-state index in [4.69, 9.17) is 0 Å². The number of fused-ring (bicyclic) bond motifs is 14. The molecule has 556 valence electrons. The molecule has 0 saturated heterocycles. The topological polar surface area (TPSA) is 0 Å². The lowest BCUT2D eigenvalue weighted by atomic mass is 9.81. The Hall–Kier alpha value is -15.1. The summed E-state index contributed by atoms with van der Waals surface area (Å²) in [4.78, 5) is 0. The Kier molecular flexibility index (Phi) is 17.4. The minimum absolute atomic E-state index is 0.00745. The summed E-state index contributed by atoms with van der Waals surface area (Å²) in [5.74, 6) is 0. The molecule has 24 rings (SSSR count). The average molecular weight is 1510 g/mol. The Labute approximate surface area is 693 Å². The van der Waals surface area contributed by atoms with Crippen LogP contribution in [-0.2, 0) is 5.41 Å². The molecule has 0 atom stereocenters. The van der Waals surface area contributed by atoms with Gasteiger partial charge in [0.1, 0.15) is 0 Å². The third-order valence-corrected chi connectivity index (χ3v) is 25.3. The second kappa shape index (κ2) is 29.3. The van der Waals surface area contributed by atoms with Gasteiger partial charge in [0.15, 0.2) is 0 Å². The molecule has 0 aliphatic heterocycles. The van der Waals surface area contributed by atoms with E-state index in [-0.39, 0.29) is 5.41 Å². The van der Waals surface area contributed by atoms with Crippen molar-refractivity contribution in [3.05, 3.63) is 460 Å². The van der Waals surface area contributed by atoms with Gasteiger partial charge in [0.25, 0.3) is 0 Å². The molecule has 0 radical (unpaired) electrons. The second-order valence-electron chi connectivity index (χ2n) is 32.4. The Morgan fingerprint density at radius 3 is 0.739 bits per heavy atom. The normalized spacial score (nSPS) is 12.2. The fourth-order valence-electron chi connectivity index (χ4n) is 19.7. The van der Waals surface area contributed by atoms with Gasteiger partial charge < -0.3 is 0 Å². The molecular formula is C119H80. The Morgan fingerprint density at radius 2 is 0.370 bits per heavy atom. The van der Waals surface area contributed by atoms with Gasteiger partial charge in [-0.2, -0.15) is 0 Å². The lowest BCUT2D eigenvalue weighted by Gasteiger charge is -2.22. The molecule has 23 aromatic rings. The van der Waals surface area contributed by atoms with Crippen LogP contribution in [-0.4, -0.2) is 0 Å². The van der Waals surface area contributed by atoms with E-state index >= 15 is 0 Å². The van der Waals surface area contributed by atoms with Crippen molar-refractivity contribution in [1.82, 2.24) is 0 Å². The van der Waals surface area contributed by atoms with Gasteiger partial charge in [0, 0.05) is 5.41 Å². The zero-order chi connectivity index (χ0) is 79.1. The lowest BCUT2D eigenvalue weighted by Crippen LogP contribution is -2.14. The van der Waals surface area contributed by atoms with E-state index in [9.17, 15) is 0 Å². The van der Waals surface area contributed by atoms with Crippen molar-refractivity contribution in [3.8, 4) is 100 Å². The van der Waals surface area contributed by atoms with E-state index in [1.165, 1.54) is 230 Å². The molecule has 0 N–H and O–H groups in total. The summed E-state index contributed by atoms with van der Waals surface area (Å²) < 4.78 is 0. The fraction of sp³-hybridized carbons (Fsp3) is 0.0252. The Bertz CT molecular complexity index is 7690. The van der Waals surface area contributed by atoms with Crippen LogP contribution >= 0.6 is 0 Å². The van der Waals surface area contributed by atoms with Crippen LogP contribution in [0.4, 0.5) is 0 Å². The monoisotopic (exact) mass is 1510 g/mol. The summed E-state index contributed by atoms with van der Waals surface area (Å²) in [6, 6.07) is 165. The van der Waals surface area contributed by atoms with Crippen molar-refractivity contribution in [2.24, 2.45) is 0 Å². The maximum Gasteiger partial charge on any atom is 0.0159 e. The fourth-order valence-corrected chi connectivity index (χ4v) is 19.7. The molecule has 1 aliphatic rings. The quantitative estimate of drug-likeness (QED) is 0.133. The van der Waals surface area contributed by atoms with Crippen LogP contribution in [0.5, 0.6) is 0 Å². The van der Waals surface area contributed by atoms with Gasteiger partial charge in [0.05, 0.1) is 0 Å². The molecule has 0 bridgehead atoms. The van der Waals surface area contributed by atoms with E-state index < -0.39 is 0 Å². The van der Waals surface area contributed by atoms with E-state index in [1.807, 2.05) is 0 Å². The molecule has 0 fully saturated rings. The first-order valence-corrected chi connectivity index (χ1v) is 41.5. The van der Waals surface area contributed by atoms with Gasteiger partial charge in [-0.05, 0) is 260 Å². The molecule has 0 heterocycles. The van der Waals surface area contributed by atoms with Crippen LogP contribution in [0.15, 0.2) is 449 Å². The second-order valence-corrected chi connectivity index (χ2v) is 32.4. The third kappa shape index (κ3) is 12.2. The summed E-state index contributed by atoms with van der Waals surface area (Å²) in [5.41, 5.74) is 25.9. The average Bonchev–Trinajstić information content (AvgIpc) is 1.57. The molecule has 0 aromatic heterocycles. The van der Waals surface area contributed by atoms with Crippen LogP contribution < -0.4 is 0 Å². The molecule has 0 amide bonds. The summed E-state index contributed by atoms with van der Waals surface area (Å²) in [6.45, 7) is 4.70. The highest BCUT2D eigenvalue weighted by molar-refractivity contribution is 6.26. The molecule has 23 aromatic carbocycles. The summed E-state index contributed by atoms with van der Waals surface area (Å²) >= 11 is 0. The highest BCUT2D eigenvalue weighted by Crippen LogP contribution is 2.53. The molecule has 0 spiro atoms. The van der Waals surface area contributed by atoms with Crippen molar-refractivity contribution in [3.63, 3.8) is 0 Å². The number of benzene rings is 23. The molecule has 0 saturated carbocycles. The molecule has 0 nitrogen and oxygen atoms in total. The van der Waals surface area contributed by atoms with E-state index in [1.54, 1.807) is 0 Å². The largest absolute Gasteiger partial charge is 0.0622 e. The zero-order valence-electron chi connectivity index (χ0n) is 66.2. The number of hydrogen-bond donors (Lipinski definition) is 0. The Morgan fingerprint density at radius 1 is 0.126 bits per heavy atom. The Balaban J connectivity index is 0.000000108. The van der Waals surface area contributed by atoms with Gasteiger partial charge in [0.2, 0.25) is 0 Å². The van der Waals surface area contributed by atoms with Gasteiger partial charge in [-0.3, -0.25) is 0 Å². The van der Waals surface area contributed by atoms with E-state index in [2.05, 4.69) is 463 Å². The minimum Gasteiger partial charge on any atom is -0.0622 e. The zero-order valence-corrected chi connectivity index (χ0v) is 66.2. The van der Waals surface area contributed by atoms with E-state index in [0.29, 0.717) is 0 Å². The van der Waals surface area contributed by atoms with Crippen LogP contribution in [0, 0.1) is 0 Å². The number of rotatable bonds is 8. The van der Waals surface area contributed by atoms with Crippen LogP contribution in [0.25, 0.3) is 219 Å². The first kappa shape index (κ1) is 70.5. The third-order valence-electron chi connectivity index (χ3n) is 25.3. The van der Waals surface area contributed by atoms with Gasteiger partial charge in [-0.25, -0.2) is 0 Å². The predicted octanol–water partition coefficient (Wildman–Crippen LogP) is 33.4. The van der Waals surface area contributed by atoms with Gasteiger partial charge in [-0.15, -0.1) is 0 Å². The highest BCUT2D eigenvalue weighted by Gasteiger charge is 2.35. The van der Waals surface area contributed by atoms with E-state index in [0.717, 1.165) is 0 Å². The van der Waals surface area contributed by atoms with Crippen LogP contribution in [0.3, 0.4) is 0 Å². The van der Waals surface area contributed by atoms with Crippen molar-refractivity contribution in [2.45, 2.75) is 19.3 Å². The highest BCUT2D eigenvalue weighted by atomic mass is 14.4. The van der Waals surface area contributed by atoms with Crippen LogP contribution in [0.2, 0.25) is 0 Å². The SMILES string of the molecule is CC1(C)c2ccccc2-c2ccc(-c3ccc(-c4c5ccccc5c(-c5ccc6ccccc6c5)c5ccccc45)cc3)cc21.c1ccc(-c2ccc(-c3c4ccccc4c(-c4ccc5ccccc5c4)c4ccccc34)c3ccccc23)cc1.c1ccc2cc(-c3c4ccccc4c(-c4ccc5ccccc5c4)c4ccccc34)ccc2c1. The molecule has 119 heavy (non-hydrogen) atoms. The predicted molar refractivity (Wildman–Crippen MR) is 513 cm³/mol. The van der Waals surface area contributed by atoms with Crippen molar-refractivity contribution < 1.29 is 0 Å². The van der Waals surface area contributed by atoms with Crippen molar-refractivity contribution >= 4 is 118 Å². The molecule has 1 aliphatic carbocycles. The molecular weight excluding hydrogens is 1430 g/mol. The first-order valence-electron chi connectivity index (χ1n) is 41.5. The molecule has 0 unspecified atom stereocenters. The number of hydrogen-bond acceptors (Lipinski definition) is 0. The smallest absolute Gasteiger partial charge is 0.0159 e. The van der Waals surface area contributed by atoms with Crippen LogP contribution in [0.1, 0.15) is 25.0 Å². The molecule has 0 heteroatoms. The maximum atomic E-state index is 2.41. The van der Waals surface area contributed by atoms with Crippen molar-refractivity contribution in [2.75, 3.05) is 0 Å². The maximum absolute atomic E-state index is 2.41. The lowest BCUT2D eigenvalue weighted by molar-refractivity contribution is 0.660. The standard InChI is InChI=1S/C45H32.C40H26.C34H22/c1-45(2)41-18-10-9-13-35(41)36-26-25-33(28-42(36)45)30-19-22-31(23-20-30)43-37-14-5-7-16-39(37)44(40-17-8-6-15-38(40)43)34-24-21-29-11-3-4-12-32(29)27-34;1-2-13-28(14-3-1)31-24-25-38(33-17-7-6-16-32(31)33)40-36-20-10-8-18-34(36)39(35-19-9-11-21-37(35)40)30-23-22-27-12-4-5-15-29(27)26-30;1-3-11-25-21-27(19-17-23(25)9-1)33-29-13-5-7-15-31(29)34(32-16-8-6-14-30(32)33)28-20-18-24-10-2-4-12-26(24)22-28/h3-28H,1-2H3;1-26H;1-22H. The van der Waals surface area contributed by atoms with Gasteiger partial charge >= 0.3 is 0 Å². The summed E-state index contributed by atoms with van der Waals surface area (Å²) in [5, 5.41) is 28.1. The van der Waals surface area contributed by atoms with Crippen molar-refractivity contribution in [1.29, 1.82) is 0 Å².